The van der Waals surface area contributed by atoms with E-state index in [1.165, 1.54) is 25.8 Å². The van der Waals surface area contributed by atoms with E-state index in [2.05, 4.69) is 32.8 Å². The van der Waals surface area contributed by atoms with E-state index in [0.717, 1.165) is 65.3 Å². The zero-order valence-corrected chi connectivity index (χ0v) is 20.0. The van der Waals surface area contributed by atoms with Crippen molar-refractivity contribution >= 4 is 11.7 Å². The molecule has 5 rings (SSSR count). The van der Waals surface area contributed by atoms with Gasteiger partial charge in [-0.1, -0.05) is 19.4 Å². The van der Waals surface area contributed by atoms with Gasteiger partial charge in [0.1, 0.15) is 12.1 Å². The predicted octanol–water partition coefficient (Wildman–Crippen LogP) is 3.97. The van der Waals surface area contributed by atoms with Crippen molar-refractivity contribution in [3.63, 3.8) is 0 Å². The second-order valence-corrected chi connectivity index (χ2v) is 9.34. The molecule has 34 heavy (non-hydrogen) atoms. The molecular weight excluding hydrogens is 424 g/mol. The summed E-state index contributed by atoms with van der Waals surface area (Å²) in [4.78, 5) is 31.4. The van der Waals surface area contributed by atoms with Crippen molar-refractivity contribution < 1.29 is 4.79 Å². The predicted molar refractivity (Wildman–Crippen MR) is 134 cm³/mol. The number of nitrogens with zero attached hydrogens (tertiary/aromatic N) is 5. The minimum absolute atomic E-state index is 0.133. The Morgan fingerprint density at radius 3 is 2.68 bits per heavy atom. The first-order valence-electron chi connectivity index (χ1n) is 12.2. The lowest BCUT2D eigenvalue weighted by molar-refractivity contribution is 0.0372. The van der Waals surface area contributed by atoms with Crippen molar-refractivity contribution in [1.82, 2.24) is 24.8 Å². The SMILES string of the molecule is CCc1ncnc(-c2ccc(C(=O)N3CCN4CCCCC4C3)c(C)c2)c1-c1ccc(N)nc1. The minimum Gasteiger partial charge on any atom is -0.384 e. The molecule has 4 heterocycles. The van der Waals surface area contributed by atoms with Crippen LogP contribution in [0.1, 0.15) is 47.8 Å². The highest BCUT2D eigenvalue weighted by Crippen LogP contribution is 2.34. The molecule has 2 aliphatic heterocycles. The Kier molecular flexibility index (Phi) is 6.28. The van der Waals surface area contributed by atoms with E-state index in [1.807, 2.05) is 30.0 Å². The van der Waals surface area contributed by atoms with Crippen LogP contribution in [0, 0.1) is 6.92 Å². The third kappa shape index (κ3) is 4.28. The van der Waals surface area contributed by atoms with Gasteiger partial charge in [-0.2, -0.15) is 0 Å². The normalized spacial score (nSPS) is 18.5. The molecule has 7 heteroatoms. The summed E-state index contributed by atoms with van der Waals surface area (Å²) in [5.41, 5.74) is 12.2. The van der Waals surface area contributed by atoms with Crippen molar-refractivity contribution in [3.05, 3.63) is 59.7 Å². The number of pyridine rings is 1. The maximum absolute atomic E-state index is 13.4. The summed E-state index contributed by atoms with van der Waals surface area (Å²) in [6.45, 7) is 7.88. The molecule has 2 N–H and O–H groups in total. The molecule has 0 bridgehead atoms. The third-order valence-corrected chi connectivity index (χ3v) is 7.19. The van der Waals surface area contributed by atoms with Gasteiger partial charge in [0.25, 0.3) is 5.91 Å². The zero-order chi connectivity index (χ0) is 23.7. The fourth-order valence-corrected chi connectivity index (χ4v) is 5.33. The van der Waals surface area contributed by atoms with Crippen LogP contribution >= 0.6 is 0 Å². The smallest absolute Gasteiger partial charge is 0.254 e. The number of benzene rings is 1. The van der Waals surface area contributed by atoms with Gasteiger partial charge < -0.3 is 10.6 Å². The third-order valence-electron chi connectivity index (χ3n) is 7.19. The average molecular weight is 457 g/mol. The molecular formula is C27H32N6O. The highest BCUT2D eigenvalue weighted by Gasteiger charge is 2.31. The maximum atomic E-state index is 13.4. The molecule has 7 nitrogen and oxygen atoms in total. The van der Waals surface area contributed by atoms with E-state index in [9.17, 15) is 4.79 Å². The molecule has 176 valence electrons. The fourth-order valence-electron chi connectivity index (χ4n) is 5.33. The molecule has 0 aliphatic carbocycles. The lowest BCUT2D eigenvalue weighted by atomic mass is 9.94. The Balaban J connectivity index is 1.45. The number of carbonyl (C=O) groups excluding carboxylic acids is 1. The van der Waals surface area contributed by atoms with Crippen LogP contribution in [0.15, 0.2) is 42.9 Å². The van der Waals surface area contributed by atoms with E-state index in [1.54, 1.807) is 18.6 Å². The number of nitrogen functional groups attached to an aromatic ring is 1. The van der Waals surface area contributed by atoms with Gasteiger partial charge in [0, 0.05) is 54.1 Å². The van der Waals surface area contributed by atoms with E-state index >= 15 is 0 Å². The van der Waals surface area contributed by atoms with Crippen LogP contribution in [0.2, 0.25) is 0 Å². The van der Waals surface area contributed by atoms with Crippen molar-refractivity contribution in [3.8, 4) is 22.4 Å². The number of aromatic nitrogens is 3. The summed E-state index contributed by atoms with van der Waals surface area (Å²) < 4.78 is 0. The molecule has 1 amide bonds. The molecule has 1 atom stereocenters. The maximum Gasteiger partial charge on any atom is 0.254 e. The van der Waals surface area contributed by atoms with Gasteiger partial charge >= 0.3 is 0 Å². The van der Waals surface area contributed by atoms with E-state index < -0.39 is 0 Å². The van der Waals surface area contributed by atoms with Gasteiger partial charge in [-0.3, -0.25) is 9.69 Å². The van der Waals surface area contributed by atoms with Crippen LogP contribution in [-0.4, -0.2) is 62.9 Å². The van der Waals surface area contributed by atoms with Crippen molar-refractivity contribution in [2.24, 2.45) is 0 Å². The molecule has 0 saturated carbocycles. The molecule has 0 radical (unpaired) electrons. The Bertz CT molecular complexity index is 1190. The summed E-state index contributed by atoms with van der Waals surface area (Å²) in [6.07, 6.45) is 7.90. The number of hydrogen-bond acceptors (Lipinski definition) is 6. The standard InChI is InChI=1S/C27H32N6O/c1-3-23-25(20-8-10-24(28)29-15-20)26(31-17-30-23)19-7-9-22(18(2)14-19)27(34)33-13-12-32-11-5-4-6-21(32)16-33/h7-10,14-15,17,21H,3-6,11-13,16H2,1-2H3,(H2,28,29). The van der Waals surface area contributed by atoms with Gasteiger partial charge in [-0.05, 0) is 62.6 Å². The second kappa shape index (κ2) is 9.50. The van der Waals surface area contributed by atoms with Gasteiger partial charge in [0.2, 0.25) is 0 Å². The van der Waals surface area contributed by atoms with Crippen LogP contribution in [0.4, 0.5) is 5.82 Å². The quantitative estimate of drug-likeness (QED) is 0.639. The van der Waals surface area contributed by atoms with Crippen LogP contribution in [0.5, 0.6) is 0 Å². The summed E-state index contributed by atoms with van der Waals surface area (Å²) in [6, 6.07) is 10.3. The Labute approximate surface area is 201 Å². The molecule has 1 unspecified atom stereocenters. The molecule has 2 aromatic heterocycles. The number of anilines is 1. The van der Waals surface area contributed by atoms with E-state index in [4.69, 9.17) is 5.73 Å². The van der Waals surface area contributed by atoms with E-state index in [0.29, 0.717) is 11.9 Å². The van der Waals surface area contributed by atoms with Crippen molar-refractivity contribution in [2.75, 3.05) is 31.9 Å². The van der Waals surface area contributed by atoms with E-state index in [-0.39, 0.29) is 5.91 Å². The van der Waals surface area contributed by atoms with Gasteiger partial charge in [-0.25, -0.2) is 15.0 Å². The first-order chi connectivity index (χ1) is 16.5. The summed E-state index contributed by atoms with van der Waals surface area (Å²) in [5.74, 6) is 0.613. The van der Waals surface area contributed by atoms with Crippen LogP contribution in [-0.2, 0) is 6.42 Å². The second-order valence-electron chi connectivity index (χ2n) is 9.34. The topological polar surface area (TPSA) is 88.2 Å². The van der Waals surface area contributed by atoms with Crippen LogP contribution < -0.4 is 5.73 Å². The number of hydrogen-bond donors (Lipinski definition) is 1. The molecule has 2 aliphatic rings. The van der Waals surface area contributed by atoms with Gasteiger partial charge in [-0.15, -0.1) is 0 Å². The Hall–Kier alpha value is -3.32. The van der Waals surface area contributed by atoms with Crippen LogP contribution in [0.25, 0.3) is 22.4 Å². The fraction of sp³-hybridized carbons (Fsp3) is 0.407. The summed E-state index contributed by atoms with van der Waals surface area (Å²) >= 11 is 0. The number of rotatable bonds is 4. The molecule has 3 aromatic rings. The molecule has 2 fully saturated rings. The molecule has 2 saturated heterocycles. The number of amides is 1. The Morgan fingerprint density at radius 2 is 1.91 bits per heavy atom. The number of fused-ring (bicyclic) bond motifs is 1. The van der Waals surface area contributed by atoms with Gasteiger partial charge in [0.15, 0.2) is 0 Å². The lowest BCUT2D eigenvalue weighted by Crippen LogP contribution is -2.56. The van der Waals surface area contributed by atoms with Crippen LogP contribution in [0.3, 0.4) is 0 Å². The monoisotopic (exact) mass is 456 g/mol. The van der Waals surface area contributed by atoms with Crippen molar-refractivity contribution in [2.45, 2.75) is 45.6 Å². The lowest BCUT2D eigenvalue weighted by Gasteiger charge is -2.44. The highest BCUT2D eigenvalue weighted by atomic mass is 16.2. The first kappa shape index (κ1) is 22.5. The number of piperidine rings is 1. The molecule has 1 aromatic carbocycles. The summed E-state index contributed by atoms with van der Waals surface area (Å²) in [7, 11) is 0. The number of piperazine rings is 1. The number of carbonyl (C=O) groups is 1. The van der Waals surface area contributed by atoms with Gasteiger partial charge in [0.05, 0.1) is 11.4 Å². The largest absolute Gasteiger partial charge is 0.384 e. The Morgan fingerprint density at radius 1 is 1.06 bits per heavy atom. The number of aryl methyl sites for hydroxylation is 2. The minimum atomic E-state index is 0.133. The van der Waals surface area contributed by atoms with Crippen molar-refractivity contribution in [1.29, 1.82) is 0 Å². The number of nitrogens with two attached hydrogens (primary N) is 1. The summed E-state index contributed by atoms with van der Waals surface area (Å²) in [5, 5.41) is 0. The zero-order valence-electron chi connectivity index (χ0n) is 20.0. The average Bonchev–Trinajstić information content (AvgIpc) is 2.88. The first-order valence-corrected chi connectivity index (χ1v) is 12.2. The highest BCUT2D eigenvalue weighted by molar-refractivity contribution is 5.96. The molecule has 0 spiro atoms.